The maximum atomic E-state index is 11.2. The van der Waals surface area contributed by atoms with E-state index in [0.29, 0.717) is 19.8 Å². The number of rotatable bonds is 5. The molecule has 1 amide bonds. The first-order valence-electron chi connectivity index (χ1n) is 6.21. The van der Waals surface area contributed by atoms with Crippen LogP contribution in [0.3, 0.4) is 0 Å². The summed E-state index contributed by atoms with van der Waals surface area (Å²) < 4.78 is 16.4. The second-order valence-electron chi connectivity index (χ2n) is 4.12. The maximum Gasteiger partial charge on any atom is 0.260 e. The molecular formula is C13H18N2O4. The van der Waals surface area contributed by atoms with Gasteiger partial charge >= 0.3 is 0 Å². The quantitative estimate of drug-likeness (QED) is 0.764. The van der Waals surface area contributed by atoms with Gasteiger partial charge in [0.15, 0.2) is 11.5 Å². The standard InChI is InChI=1S/C13H18N2O4/c1-14-15-13(16)9-17-8-10-3-4-11-12(7-10)19-6-2-5-18-11/h3-4,7,14H,2,5-6,8-9H2,1H3,(H,15,16). The van der Waals surface area contributed by atoms with E-state index < -0.39 is 0 Å². The molecule has 1 aromatic rings. The average Bonchev–Trinajstić information content (AvgIpc) is 2.63. The summed E-state index contributed by atoms with van der Waals surface area (Å²) in [7, 11) is 1.63. The lowest BCUT2D eigenvalue weighted by molar-refractivity contribution is -0.126. The third kappa shape index (κ3) is 4.11. The van der Waals surface area contributed by atoms with Gasteiger partial charge in [-0.25, -0.2) is 5.43 Å². The van der Waals surface area contributed by atoms with Crippen molar-refractivity contribution >= 4 is 5.91 Å². The van der Waals surface area contributed by atoms with Gasteiger partial charge in [0.2, 0.25) is 0 Å². The van der Waals surface area contributed by atoms with Crippen LogP contribution < -0.4 is 20.3 Å². The number of nitrogens with one attached hydrogen (secondary N) is 2. The summed E-state index contributed by atoms with van der Waals surface area (Å²) in [6, 6.07) is 5.66. The zero-order valence-corrected chi connectivity index (χ0v) is 10.9. The molecule has 0 bridgehead atoms. The number of benzene rings is 1. The lowest BCUT2D eigenvalue weighted by Crippen LogP contribution is -2.36. The highest BCUT2D eigenvalue weighted by Gasteiger charge is 2.10. The molecule has 1 heterocycles. The molecule has 19 heavy (non-hydrogen) atoms. The second kappa shape index (κ2) is 6.96. The minimum atomic E-state index is -0.211. The van der Waals surface area contributed by atoms with Crippen molar-refractivity contribution in [2.75, 3.05) is 26.9 Å². The summed E-state index contributed by atoms with van der Waals surface area (Å²) in [5.74, 6) is 1.28. The Balaban J connectivity index is 1.87. The lowest BCUT2D eigenvalue weighted by atomic mass is 10.2. The molecule has 1 aliphatic rings. The number of hydrogen-bond donors (Lipinski definition) is 2. The van der Waals surface area contributed by atoms with Gasteiger partial charge in [0.05, 0.1) is 19.8 Å². The van der Waals surface area contributed by atoms with Crippen molar-refractivity contribution in [2.45, 2.75) is 13.0 Å². The molecule has 1 aromatic carbocycles. The number of hydrazine groups is 1. The van der Waals surface area contributed by atoms with E-state index in [1.807, 2.05) is 18.2 Å². The van der Waals surface area contributed by atoms with E-state index >= 15 is 0 Å². The molecule has 1 aliphatic heterocycles. The van der Waals surface area contributed by atoms with Gasteiger partial charge in [-0.1, -0.05) is 6.07 Å². The Morgan fingerprint density at radius 2 is 2.11 bits per heavy atom. The summed E-state index contributed by atoms with van der Waals surface area (Å²) in [4.78, 5) is 11.2. The highest BCUT2D eigenvalue weighted by atomic mass is 16.5. The Kier molecular flexibility index (Phi) is 5.00. The summed E-state index contributed by atoms with van der Waals surface area (Å²) in [6.45, 7) is 1.69. The summed E-state index contributed by atoms with van der Waals surface area (Å²) in [6.07, 6.45) is 0.880. The Hall–Kier alpha value is -1.79. The minimum absolute atomic E-state index is 0.00921. The topological polar surface area (TPSA) is 68.8 Å². The number of fused-ring (bicyclic) bond motifs is 1. The fourth-order valence-corrected chi connectivity index (χ4v) is 1.73. The molecule has 6 nitrogen and oxygen atoms in total. The maximum absolute atomic E-state index is 11.2. The first-order chi connectivity index (χ1) is 9.29. The molecule has 0 radical (unpaired) electrons. The van der Waals surface area contributed by atoms with Crippen LogP contribution in [0.4, 0.5) is 0 Å². The summed E-state index contributed by atoms with van der Waals surface area (Å²) in [5.41, 5.74) is 5.93. The summed E-state index contributed by atoms with van der Waals surface area (Å²) >= 11 is 0. The van der Waals surface area contributed by atoms with Crippen LogP contribution in [-0.2, 0) is 16.1 Å². The number of amides is 1. The molecule has 0 atom stereocenters. The van der Waals surface area contributed by atoms with Crippen LogP contribution in [-0.4, -0.2) is 32.8 Å². The smallest absolute Gasteiger partial charge is 0.260 e. The normalized spacial score (nSPS) is 13.7. The first kappa shape index (κ1) is 13.6. The molecule has 6 heteroatoms. The van der Waals surface area contributed by atoms with E-state index in [-0.39, 0.29) is 12.5 Å². The van der Waals surface area contributed by atoms with E-state index in [0.717, 1.165) is 23.5 Å². The van der Waals surface area contributed by atoms with E-state index in [9.17, 15) is 4.79 Å². The number of carbonyl (C=O) groups is 1. The highest BCUT2D eigenvalue weighted by molar-refractivity contribution is 5.76. The largest absolute Gasteiger partial charge is 0.490 e. The molecule has 0 saturated heterocycles. The van der Waals surface area contributed by atoms with Gasteiger partial charge in [-0.2, -0.15) is 0 Å². The Morgan fingerprint density at radius 3 is 2.89 bits per heavy atom. The number of hydrogen-bond acceptors (Lipinski definition) is 5. The van der Waals surface area contributed by atoms with Crippen LogP contribution in [0.2, 0.25) is 0 Å². The van der Waals surface area contributed by atoms with Crippen LogP contribution >= 0.6 is 0 Å². The molecule has 0 saturated carbocycles. The van der Waals surface area contributed by atoms with Gasteiger partial charge in [0.1, 0.15) is 6.61 Å². The van der Waals surface area contributed by atoms with Crippen LogP contribution in [0.15, 0.2) is 18.2 Å². The molecule has 2 N–H and O–H groups in total. The van der Waals surface area contributed by atoms with E-state index in [1.54, 1.807) is 7.05 Å². The molecule has 0 unspecified atom stereocenters. The number of carbonyl (C=O) groups excluding carboxylic acids is 1. The fraction of sp³-hybridized carbons (Fsp3) is 0.462. The third-order valence-corrected chi connectivity index (χ3v) is 2.58. The Bertz CT molecular complexity index is 437. The zero-order chi connectivity index (χ0) is 13.5. The Labute approximate surface area is 112 Å². The van der Waals surface area contributed by atoms with Crippen LogP contribution in [0.1, 0.15) is 12.0 Å². The number of ether oxygens (including phenoxy) is 3. The predicted octanol–water partition coefficient (Wildman–Crippen LogP) is 0.615. The van der Waals surface area contributed by atoms with Gasteiger partial charge in [-0.05, 0) is 17.7 Å². The SMILES string of the molecule is CNNC(=O)COCc1ccc2c(c1)OCCCO2. The first-order valence-corrected chi connectivity index (χ1v) is 6.21. The van der Waals surface area contributed by atoms with Crippen molar-refractivity contribution in [1.29, 1.82) is 0 Å². The fourth-order valence-electron chi connectivity index (χ4n) is 1.73. The molecular weight excluding hydrogens is 248 g/mol. The molecule has 0 aliphatic carbocycles. The average molecular weight is 266 g/mol. The van der Waals surface area contributed by atoms with Crippen molar-refractivity contribution in [1.82, 2.24) is 10.9 Å². The monoisotopic (exact) mass is 266 g/mol. The van der Waals surface area contributed by atoms with E-state index in [2.05, 4.69) is 10.9 Å². The predicted molar refractivity (Wildman–Crippen MR) is 68.9 cm³/mol. The van der Waals surface area contributed by atoms with Crippen LogP contribution in [0.25, 0.3) is 0 Å². The Morgan fingerprint density at radius 1 is 1.32 bits per heavy atom. The van der Waals surface area contributed by atoms with Gasteiger partial charge in [-0.15, -0.1) is 0 Å². The highest BCUT2D eigenvalue weighted by Crippen LogP contribution is 2.30. The molecule has 2 rings (SSSR count). The van der Waals surface area contributed by atoms with E-state index in [1.165, 1.54) is 0 Å². The van der Waals surface area contributed by atoms with Gasteiger partial charge in [-0.3, -0.25) is 10.2 Å². The van der Waals surface area contributed by atoms with Gasteiger partial charge in [0, 0.05) is 13.5 Å². The second-order valence-corrected chi connectivity index (χ2v) is 4.12. The molecule has 0 spiro atoms. The van der Waals surface area contributed by atoms with Crippen LogP contribution in [0, 0.1) is 0 Å². The third-order valence-electron chi connectivity index (χ3n) is 2.58. The van der Waals surface area contributed by atoms with Crippen molar-refractivity contribution in [3.8, 4) is 11.5 Å². The van der Waals surface area contributed by atoms with Crippen molar-refractivity contribution in [3.63, 3.8) is 0 Å². The molecule has 0 aromatic heterocycles. The zero-order valence-electron chi connectivity index (χ0n) is 10.9. The van der Waals surface area contributed by atoms with Gasteiger partial charge in [0.25, 0.3) is 5.91 Å². The molecule has 104 valence electrons. The van der Waals surface area contributed by atoms with Crippen molar-refractivity contribution in [2.24, 2.45) is 0 Å². The molecule has 0 fully saturated rings. The lowest BCUT2D eigenvalue weighted by Gasteiger charge is -2.09. The van der Waals surface area contributed by atoms with E-state index in [4.69, 9.17) is 14.2 Å². The van der Waals surface area contributed by atoms with Crippen molar-refractivity contribution < 1.29 is 19.0 Å². The minimum Gasteiger partial charge on any atom is -0.490 e. The van der Waals surface area contributed by atoms with Crippen molar-refractivity contribution in [3.05, 3.63) is 23.8 Å². The van der Waals surface area contributed by atoms with Gasteiger partial charge < -0.3 is 14.2 Å². The summed E-state index contributed by atoms with van der Waals surface area (Å²) in [5, 5.41) is 0. The van der Waals surface area contributed by atoms with Crippen LogP contribution in [0.5, 0.6) is 11.5 Å².